The Bertz CT molecular complexity index is 559. The Morgan fingerprint density at radius 1 is 1.36 bits per heavy atom. The number of nitrogens with zero attached hydrogens (tertiary/aromatic N) is 1. The second-order valence-electron chi connectivity index (χ2n) is 4.61. The third-order valence-electron chi connectivity index (χ3n) is 2.92. The number of carbonyl (C=O) groups is 2. The molecule has 0 fully saturated rings. The summed E-state index contributed by atoms with van der Waals surface area (Å²) in [6.07, 6.45) is 3.15. The van der Waals surface area contributed by atoms with Crippen molar-refractivity contribution in [3.63, 3.8) is 0 Å². The summed E-state index contributed by atoms with van der Waals surface area (Å²) in [5.74, 6) is -1.79. The minimum atomic E-state index is -0.830. The number of amides is 2. The maximum atomic E-state index is 13.7. The third kappa shape index (κ3) is 4.43. The molecule has 2 amide bonds. The maximum Gasteiger partial charge on any atom is 0.256 e. The van der Waals surface area contributed by atoms with Crippen molar-refractivity contribution >= 4 is 23.4 Å². The van der Waals surface area contributed by atoms with Gasteiger partial charge in [-0.15, -0.1) is 13.2 Å². The summed E-state index contributed by atoms with van der Waals surface area (Å²) >= 11 is 5.83. The lowest BCUT2D eigenvalue weighted by Gasteiger charge is -2.24. The van der Waals surface area contributed by atoms with Crippen molar-refractivity contribution in [1.82, 2.24) is 10.2 Å². The first-order valence-corrected chi connectivity index (χ1v) is 7.05. The Labute approximate surface area is 134 Å². The zero-order valence-electron chi connectivity index (χ0n) is 12.3. The fraction of sp³-hybridized carbons (Fsp3) is 0.250. The van der Waals surface area contributed by atoms with Crippen LogP contribution >= 0.6 is 11.6 Å². The summed E-state index contributed by atoms with van der Waals surface area (Å²) in [6.45, 7) is 9.32. The van der Waals surface area contributed by atoms with Gasteiger partial charge in [0, 0.05) is 13.1 Å². The highest BCUT2D eigenvalue weighted by Gasteiger charge is 2.23. The molecule has 1 aromatic carbocycles. The average Bonchev–Trinajstić information content (AvgIpc) is 2.46. The number of nitrogens with one attached hydrogen (secondary N) is 1. The van der Waals surface area contributed by atoms with E-state index in [2.05, 4.69) is 18.5 Å². The van der Waals surface area contributed by atoms with Gasteiger partial charge in [0.2, 0.25) is 5.91 Å². The van der Waals surface area contributed by atoms with Gasteiger partial charge in [-0.2, -0.15) is 0 Å². The van der Waals surface area contributed by atoms with Gasteiger partial charge in [0.05, 0.1) is 10.6 Å². The summed E-state index contributed by atoms with van der Waals surface area (Å²) in [5, 5.41) is 2.44. The smallest absolute Gasteiger partial charge is 0.256 e. The molecule has 0 bridgehead atoms. The fourth-order valence-corrected chi connectivity index (χ4v) is 2.13. The van der Waals surface area contributed by atoms with E-state index in [4.69, 9.17) is 11.6 Å². The average molecular weight is 325 g/mol. The van der Waals surface area contributed by atoms with E-state index in [0.29, 0.717) is 13.1 Å². The van der Waals surface area contributed by atoms with E-state index in [-0.39, 0.29) is 16.5 Å². The highest BCUT2D eigenvalue weighted by molar-refractivity contribution is 6.33. The van der Waals surface area contributed by atoms with E-state index in [9.17, 15) is 14.0 Å². The highest BCUT2D eigenvalue weighted by atomic mass is 35.5. The molecule has 0 aliphatic carbocycles. The Balaban J connectivity index is 2.84. The van der Waals surface area contributed by atoms with Gasteiger partial charge in [0.25, 0.3) is 5.91 Å². The summed E-state index contributed by atoms with van der Waals surface area (Å²) in [4.78, 5) is 25.8. The van der Waals surface area contributed by atoms with E-state index in [1.54, 1.807) is 12.2 Å². The molecular weight excluding hydrogens is 307 g/mol. The van der Waals surface area contributed by atoms with Crippen molar-refractivity contribution < 1.29 is 14.0 Å². The van der Waals surface area contributed by atoms with Crippen LogP contribution in [0.5, 0.6) is 0 Å². The molecule has 0 saturated carbocycles. The predicted molar refractivity (Wildman–Crippen MR) is 85.3 cm³/mol. The molecule has 0 aliphatic heterocycles. The van der Waals surface area contributed by atoms with E-state index in [0.717, 1.165) is 6.07 Å². The lowest BCUT2D eigenvalue weighted by molar-refractivity contribution is -0.131. The lowest BCUT2D eigenvalue weighted by atomic mass is 10.1. The van der Waals surface area contributed by atoms with E-state index >= 15 is 0 Å². The Morgan fingerprint density at radius 3 is 2.45 bits per heavy atom. The molecule has 1 atom stereocenters. The first-order chi connectivity index (χ1) is 10.4. The molecule has 0 spiro atoms. The number of benzene rings is 1. The van der Waals surface area contributed by atoms with Crippen LogP contribution in [0.4, 0.5) is 4.39 Å². The third-order valence-corrected chi connectivity index (χ3v) is 3.23. The zero-order valence-corrected chi connectivity index (χ0v) is 13.1. The first-order valence-electron chi connectivity index (χ1n) is 6.67. The van der Waals surface area contributed by atoms with Crippen molar-refractivity contribution in [3.8, 4) is 0 Å². The molecule has 1 N–H and O–H groups in total. The molecule has 6 heteroatoms. The number of hydrogen-bond donors (Lipinski definition) is 1. The maximum absolute atomic E-state index is 13.7. The Hall–Kier alpha value is -2.14. The van der Waals surface area contributed by atoms with Gasteiger partial charge in [-0.3, -0.25) is 9.59 Å². The molecule has 0 heterocycles. The van der Waals surface area contributed by atoms with Gasteiger partial charge >= 0.3 is 0 Å². The number of carbonyl (C=O) groups excluding carboxylic acids is 2. The molecule has 22 heavy (non-hydrogen) atoms. The van der Waals surface area contributed by atoms with Crippen molar-refractivity contribution in [2.45, 2.75) is 13.0 Å². The zero-order chi connectivity index (χ0) is 16.7. The molecule has 1 rings (SSSR count). The van der Waals surface area contributed by atoms with Gasteiger partial charge in [0.1, 0.15) is 11.9 Å². The molecule has 4 nitrogen and oxygen atoms in total. The lowest BCUT2D eigenvalue weighted by Crippen LogP contribution is -2.47. The van der Waals surface area contributed by atoms with Gasteiger partial charge in [-0.1, -0.05) is 29.8 Å². The summed E-state index contributed by atoms with van der Waals surface area (Å²) in [6, 6.07) is 3.12. The van der Waals surface area contributed by atoms with Crippen LogP contribution in [-0.4, -0.2) is 35.8 Å². The van der Waals surface area contributed by atoms with Crippen molar-refractivity contribution in [3.05, 3.63) is 59.9 Å². The Kier molecular flexibility index (Phi) is 6.79. The predicted octanol–water partition coefficient (Wildman–Crippen LogP) is 2.80. The van der Waals surface area contributed by atoms with Gasteiger partial charge in [-0.25, -0.2) is 4.39 Å². The quantitative estimate of drug-likeness (QED) is 0.784. The second kappa shape index (κ2) is 8.34. The van der Waals surface area contributed by atoms with E-state index < -0.39 is 17.8 Å². The standard InChI is InChI=1S/C16H18ClFN2O2/c1-4-9-20(10-5-2)16(22)11(3)19-15(21)14-12(17)7-6-8-13(14)18/h4-8,11H,1-2,9-10H2,3H3,(H,19,21). The van der Waals surface area contributed by atoms with E-state index in [1.807, 2.05) is 0 Å². The monoisotopic (exact) mass is 324 g/mol. The topological polar surface area (TPSA) is 49.4 Å². The number of hydrogen-bond acceptors (Lipinski definition) is 2. The summed E-state index contributed by atoms with van der Waals surface area (Å²) < 4.78 is 13.7. The normalized spacial score (nSPS) is 11.4. The molecule has 0 aromatic heterocycles. The number of rotatable bonds is 7. The molecule has 118 valence electrons. The minimum absolute atomic E-state index is 0.00816. The van der Waals surface area contributed by atoms with Crippen LogP contribution in [0, 0.1) is 5.82 Å². The van der Waals surface area contributed by atoms with Crippen LogP contribution in [0.25, 0.3) is 0 Å². The van der Waals surface area contributed by atoms with Crippen LogP contribution in [0.1, 0.15) is 17.3 Å². The molecular formula is C16H18ClFN2O2. The van der Waals surface area contributed by atoms with Crippen LogP contribution in [0.15, 0.2) is 43.5 Å². The van der Waals surface area contributed by atoms with Crippen LogP contribution < -0.4 is 5.32 Å². The molecule has 1 unspecified atom stereocenters. The van der Waals surface area contributed by atoms with Crippen molar-refractivity contribution in [2.24, 2.45) is 0 Å². The van der Waals surface area contributed by atoms with Gasteiger partial charge in [-0.05, 0) is 19.1 Å². The number of halogens is 2. The van der Waals surface area contributed by atoms with E-state index in [1.165, 1.54) is 24.0 Å². The van der Waals surface area contributed by atoms with Gasteiger partial charge in [0.15, 0.2) is 0 Å². The Morgan fingerprint density at radius 2 is 1.95 bits per heavy atom. The highest BCUT2D eigenvalue weighted by Crippen LogP contribution is 2.18. The van der Waals surface area contributed by atoms with Crippen molar-refractivity contribution in [1.29, 1.82) is 0 Å². The van der Waals surface area contributed by atoms with Crippen LogP contribution in [0.3, 0.4) is 0 Å². The summed E-state index contributed by atoms with van der Waals surface area (Å²) in [7, 11) is 0. The molecule has 1 aromatic rings. The van der Waals surface area contributed by atoms with Crippen molar-refractivity contribution in [2.75, 3.05) is 13.1 Å². The molecule has 0 radical (unpaired) electrons. The van der Waals surface area contributed by atoms with Crippen LogP contribution in [0.2, 0.25) is 5.02 Å². The minimum Gasteiger partial charge on any atom is -0.340 e. The van der Waals surface area contributed by atoms with Gasteiger partial charge < -0.3 is 10.2 Å². The fourth-order valence-electron chi connectivity index (χ4n) is 1.89. The van der Waals surface area contributed by atoms with Crippen LogP contribution in [-0.2, 0) is 4.79 Å². The largest absolute Gasteiger partial charge is 0.340 e. The second-order valence-corrected chi connectivity index (χ2v) is 5.02. The molecule has 0 aliphatic rings. The summed E-state index contributed by atoms with van der Waals surface area (Å²) in [5.41, 5.74) is -0.275. The SMILES string of the molecule is C=CCN(CC=C)C(=O)C(C)NC(=O)c1c(F)cccc1Cl. The first kappa shape index (κ1) is 17.9. The molecule has 0 saturated heterocycles.